The van der Waals surface area contributed by atoms with Gasteiger partial charge in [-0.3, -0.25) is 14.3 Å². The van der Waals surface area contributed by atoms with Gasteiger partial charge in [0.25, 0.3) is 11.8 Å². The van der Waals surface area contributed by atoms with Crippen molar-refractivity contribution in [2.45, 2.75) is 6.54 Å². The number of benzene rings is 2. The van der Waals surface area contributed by atoms with Gasteiger partial charge in [0.15, 0.2) is 0 Å². The summed E-state index contributed by atoms with van der Waals surface area (Å²) in [6.45, 7) is 1.44. The second-order valence-corrected chi connectivity index (χ2v) is 6.71. The molecule has 2 amide bonds. The number of nitrogens with zero attached hydrogens (tertiary/aromatic N) is 2. The van der Waals surface area contributed by atoms with Crippen LogP contribution in [0.15, 0.2) is 60.9 Å². The average Bonchev–Trinajstić information content (AvgIpc) is 3.22. The van der Waals surface area contributed by atoms with Crippen molar-refractivity contribution in [1.82, 2.24) is 15.1 Å². The highest BCUT2D eigenvalue weighted by Gasteiger charge is 2.12. The normalized spacial score (nSPS) is 10.6. The number of hydrogen-bond donors (Lipinski definition) is 2. The summed E-state index contributed by atoms with van der Waals surface area (Å²) in [5, 5.41) is 9.92. The Balaban J connectivity index is 1.61. The van der Waals surface area contributed by atoms with Crippen LogP contribution >= 0.6 is 11.6 Å². The third kappa shape index (κ3) is 5.66. The fourth-order valence-corrected chi connectivity index (χ4v) is 2.95. The first-order valence-electron chi connectivity index (χ1n) is 9.01. The minimum atomic E-state index is -0.294. The van der Waals surface area contributed by atoms with Crippen LogP contribution in [0.2, 0.25) is 5.02 Å². The first-order valence-corrected chi connectivity index (χ1v) is 9.39. The Bertz CT molecular complexity index is 972. The third-order valence-corrected chi connectivity index (χ3v) is 4.50. The van der Waals surface area contributed by atoms with Crippen LogP contribution in [-0.2, 0) is 11.3 Å². The van der Waals surface area contributed by atoms with Crippen LogP contribution in [0, 0.1) is 0 Å². The number of methoxy groups -OCH3 is 1. The van der Waals surface area contributed by atoms with E-state index in [1.807, 2.05) is 29.1 Å². The van der Waals surface area contributed by atoms with E-state index < -0.39 is 0 Å². The lowest BCUT2D eigenvalue weighted by atomic mass is 10.1. The second kappa shape index (κ2) is 9.86. The van der Waals surface area contributed by atoms with E-state index in [0.29, 0.717) is 36.5 Å². The zero-order valence-corrected chi connectivity index (χ0v) is 16.6. The zero-order valence-electron chi connectivity index (χ0n) is 15.9. The van der Waals surface area contributed by atoms with E-state index in [4.69, 9.17) is 16.3 Å². The van der Waals surface area contributed by atoms with Crippen LogP contribution < -0.4 is 10.6 Å². The minimum absolute atomic E-state index is 0.257. The first kappa shape index (κ1) is 20.6. The van der Waals surface area contributed by atoms with Crippen molar-refractivity contribution in [3.63, 3.8) is 0 Å². The van der Waals surface area contributed by atoms with Gasteiger partial charge in [-0.1, -0.05) is 23.7 Å². The lowest BCUT2D eigenvalue weighted by Crippen LogP contribution is -2.27. The number of halogens is 1. The molecule has 0 saturated carbocycles. The highest BCUT2D eigenvalue weighted by molar-refractivity contribution is 6.34. The molecule has 7 nitrogen and oxygen atoms in total. The second-order valence-electron chi connectivity index (χ2n) is 6.30. The molecule has 1 aromatic heterocycles. The van der Waals surface area contributed by atoms with Crippen molar-refractivity contribution in [3.05, 3.63) is 82.6 Å². The molecule has 29 heavy (non-hydrogen) atoms. The van der Waals surface area contributed by atoms with Crippen LogP contribution in [0.3, 0.4) is 0 Å². The fourth-order valence-electron chi connectivity index (χ4n) is 2.68. The van der Waals surface area contributed by atoms with E-state index in [9.17, 15) is 9.59 Å². The summed E-state index contributed by atoms with van der Waals surface area (Å²) in [5.41, 5.74) is 2.40. The van der Waals surface area contributed by atoms with Gasteiger partial charge in [0.05, 0.1) is 23.7 Å². The molecule has 0 bridgehead atoms. The predicted molar refractivity (Wildman–Crippen MR) is 111 cm³/mol. The quantitative estimate of drug-likeness (QED) is 0.556. The van der Waals surface area contributed by atoms with Gasteiger partial charge in [0, 0.05) is 37.3 Å². The fraction of sp³-hybridized carbons (Fsp3) is 0.190. The Kier molecular flexibility index (Phi) is 6.99. The zero-order chi connectivity index (χ0) is 20.6. The van der Waals surface area contributed by atoms with Gasteiger partial charge in [-0.25, -0.2) is 0 Å². The van der Waals surface area contributed by atoms with Gasteiger partial charge >= 0.3 is 0 Å². The lowest BCUT2D eigenvalue weighted by Gasteiger charge is -2.10. The highest BCUT2D eigenvalue weighted by atomic mass is 35.5. The lowest BCUT2D eigenvalue weighted by molar-refractivity contribution is 0.0937. The van der Waals surface area contributed by atoms with E-state index in [1.165, 1.54) is 0 Å². The standard InChI is InChI=1S/C21H21ClN4O3/c1-29-12-10-23-21(28)18-8-7-17(13-19(18)22)25-20(27)16-5-3-15(4-6-16)14-26-11-2-9-24-26/h2-9,11,13H,10,12,14H2,1H3,(H,23,28)(H,25,27). The van der Waals surface area contributed by atoms with Crippen LogP contribution in [0.1, 0.15) is 26.3 Å². The highest BCUT2D eigenvalue weighted by Crippen LogP contribution is 2.21. The molecule has 0 unspecified atom stereocenters. The van der Waals surface area contributed by atoms with E-state index in [-0.39, 0.29) is 16.8 Å². The van der Waals surface area contributed by atoms with Crippen molar-refractivity contribution in [1.29, 1.82) is 0 Å². The Morgan fingerprint density at radius 1 is 1.14 bits per heavy atom. The molecule has 1 heterocycles. The largest absolute Gasteiger partial charge is 0.383 e. The van der Waals surface area contributed by atoms with Crippen LogP contribution in [-0.4, -0.2) is 41.9 Å². The number of aromatic nitrogens is 2. The molecule has 0 aliphatic heterocycles. The Hall–Kier alpha value is -3.16. The molecule has 8 heteroatoms. The van der Waals surface area contributed by atoms with E-state index in [2.05, 4.69) is 15.7 Å². The van der Waals surface area contributed by atoms with Crippen molar-refractivity contribution in [2.24, 2.45) is 0 Å². The summed E-state index contributed by atoms with van der Waals surface area (Å²) in [6.07, 6.45) is 3.60. The topological polar surface area (TPSA) is 85.3 Å². The molecule has 0 aliphatic rings. The molecule has 2 aromatic carbocycles. The maximum absolute atomic E-state index is 12.5. The van der Waals surface area contributed by atoms with Crippen molar-refractivity contribution in [3.8, 4) is 0 Å². The monoisotopic (exact) mass is 412 g/mol. The van der Waals surface area contributed by atoms with Crippen LogP contribution in [0.5, 0.6) is 0 Å². The molecule has 0 saturated heterocycles. The molecule has 0 spiro atoms. The molecular weight excluding hydrogens is 392 g/mol. The van der Waals surface area contributed by atoms with Crippen molar-refractivity contribution >= 4 is 29.1 Å². The summed E-state index contributed by atoms with van der Waals surface area (Å²) in [6, 6.07) is 13.9. The van der Waals surface area contributed by atoms with E-state index in [1.54, 1.807) is 43.6 Å². The molecule has 0 atom stereocenters. The van der Waals surface area contributed by atoms with Gasteiger partial charge in [-0.15, -0.1) is 0 Å². The average molecular weight is 413 g/mol. The maximum Gasteiger partial charge on any atom is 0.255 e. The first-order chi connectivity index (χ1) is 14.1. The number of nitrogens with one attached hydrogen (secondary N) is 2. The van der Waals surface area contributed by atoms with Gasteiger partial charge < -0.3 is 15.4 Å². The predicted octanol–water partition coefficient (Wildman–Crippen LogP) is 3.21. The molecule has 150 valence electrons. The molecule has 3 rings (SSSR count). The number of carbonyl (C=O) groups excluding carboxylic acids is 2. The number of carbonyl (C=O) groups is 2. The molecule has 2 N–H and O–H groups in total. The molecule has 0 fully saturated rings. The maximum atomic E-state index is 12.5. The van der Waals surface area contributed by atoms with E-state index >= 15 is 0 Å². The summed E-state index contributed by atoms with van der Waals surface area (Å²) >= 11 is 6.20. The van der Waals surface area contributed by atoms with Crippen LogP contribution in [0.4, 0.5) is 5.69 Å². The number of ether oxygens (including phenoxy) is 1. The summed E-state index contributed by atoms with van der Waals surface area (Å²) < 4.78 is 6.71. The smallest absolute Gasteiger partial charge is 0.255 e. The Morgan fingerprint density at radius 3 is 2.59 bits per heavy atom. The Morgan fingerprint density at radius 2 is 1.93 bits per heavy atom. The summed E-state index contributed by atoms with van der Waals surface area (Å²) in [4.78, 5) is 24.6. The minimum Gasteiger partial charge on any atom is -0.383 e. The molecular formula is C21H21ClN4O3. The number of rotatable bonds is 8. The summed E-state index contributed by atoms with van der Waals surface area (Å²) in [7, 11) is 1.56. The number of hydrogen-bond acceptors (Lipinski definition) is 4. The SMILES string of the molecule is COCCNC(=O)c1ccc(NC(=O)c2ccc(Cn3cccn3)cc2)cc1Cl. The van der Waals surface area contributed by atoms with Gasteiger partial charge in [0.1, 0.15) is 0 Å². The van der Waals surface area contributed by atoms with Gasteiger partial charge in [-0.2, -0.15) is 5.10 Å². The number of anilines is 1. The van der Waals surface area contributed by atoms with Gasteiger partial charge in [-0.05, 0) is 42.0 Å². The number of amides is 2. The third-order valence-electron chi connectivity index (χ3n) is 4.18. The van der Waals surface area contributed by atoms with Gasteiger partial charge in [0.2, 0.25) is 0 Å². The molecule has 0 radical (unpaired) electrons. The van der Waals surface area contributed by atoms with Crippen molar-refractivity contribution in [2.75, 3.05) is 25.6 Å². The molecule has 0 aliphatic carbocycles. The van der Waals surface area contributed by atoms with E-state index in [0.717, 1.165) is 5.56 Å². The summed E-state index contributed by atoms with van der Waals surface area (Å²) in [5.74, 6) is -0.554. The molecule has 3 aromatic rings. The Labute approximate surface area is 173 Å². The van der Waals surface area contributed by atoms with Crippen molar-refractivity contribution < 1.29 is 14.3 Å². The van der Waals surface area contributed by atoms with Crippen LogP contribution in [0.25, 0.3) is 0 Å².